The minimum atomic E-state index is -1.47. The number of fused-ring (bicyclic) bond motifs is 2. The Morgan fingerprint density at radius 2 is 2.09 bits per heavy atom. The van der Waals surface area contributed by atoms with Crippen LogP contribution in [0.25, 0.3) is 22.1 Å². The third-order valence-corrected chi connectivity index (χ3v) is 4.35. The zero-order valence-corrected chi connectivity index (χ0v) is 16.3. The number of hydrogen-bond donors (Lipinski definition) is 3. The molecular weight excluding hydrogens is 425 g/mol. The van der Waals surface area contributed by atoms with Crippen molar-refractivity contribution < 1.29 is 13.2 Å². The van der Waals surface area contributed by atoms with Crippen molar-refractivity contribution in [3.63, 3.8) is 0 Å². The third kappa shape index (κ3) is 3.93. The fourth-order valence-corrected chi connectivity index (χ4v) is 2.91. The summed E-state index contributed by atoms with van der Waals surface area (Å²) in [6, 6.07) is 3.89. The Balaban J connectivity index is 1.78. The van der Waals surface area contributed by atoms with Crippen LogP contribution in [-0.2, 0) is 6.54 Å². The summed E-state index contributed by atoms with van der Waals surface area (Å²) in [5.41, 5.74) is 2.01. The largest absolute Gasteiger partial charge is 0.361 e. The number of nitrogens with zero attached hydrogens (tertiary/aromatic N) is 5. The lowest BCUT2D eigenvalue weighted by molar-refractivity contribution is 0.532. The lowest BCUT2D eigenvalue weighted by Gasteiger charge is -2.15. The maximum atomic E-state index is 14.4. The summed E-state index contributed by atoms with van der Waals surface area (Å²) in [6.45, 7) is 3.21. The molecule has 0 fully saturated rings. The van der Waals surface area contributed by atoms with E-state index in [1.54, 1.807) is 0 Å². The number of aromatic amines is 1. The summed E-state index contributed by atoms with van der Waals surface area (Å²) in [6.07, 6.45) is 5.94. The second kappa shape index (κ2) is 8.71. The van der Waals surface area contributed by atoms with Gasteiger partial charge in [-0.2, -0.15) is 4.39 Å². The molecular formula is C20H15F3N8O. The first kappa shape index (κ1) is 20.8. The number of halogens is 3. The van der Waals surface area contributed by atoms with Gasteiger partial charge in [0.2, 0.25) is 5.95 Å². The molecule has 4 rings (SSSR count). The van der Waals surface area contributed by atoms with Crippen molar-refractivity contribution in [2.24, 2.45) is 0 Å². The Morgan fingerprint density at radius 3 is 2.91 bits per heavy atom. The maximum absolute atomic E-state index is 14.4. The van der Waals surface area contributed by atoms with Gasteiger partial charge in [-0.1, -0.05) is 24.8 Å². The van der Waals surface area contributed by atoms with E-state index in [4.69, 9.17) is 0 Å². The van der Waals surface area contributed by atoms with Crippen LogP contribution < -0.4 is 16.3 Å². The highest BCUT2D eigenvalue weighted by Gasteiger charge is 2.17. The van der Waals surface area contributed by atoms with E-state index in [-0.39, 0.29) is 23.3 Å². The number of hydrogen-bond acceptors (Lipinski definition) is 7. The molecule has 12 heteroatoms. The number of H-pyrrole nitrogens is 1. The molecule has 0 saturated carbocycles. The maximum Gasteiger partial charge on any atom is 0.283 e. The summed E-state index contributed by atoms with van der Waals surface area (Å²) >= 11 is 0. The Kier molecular flexibility index (Phi) is 5.66. The number of allylic oxidation sites excluding steroid dienone is 4. The molecule has 3 heterocycles. The number of anilines is 1. The normalized spacial score (nSPS) is 12.3. The minimum Gasteiger partial charge on any atom is -0.361 e. The van der Waals surface area contributed by atoms with E-state index in [0.717, 1.165) is 12.1 Å². The van der Waals surface area contributed by atoms with Crippen molar-refractivity contribution in [3.8, 4) is 0 Å². The fraction of sp³-hybridized carbons (Fsp3) is 0.0500. The fourth-order valence-electron chi connectivity index (χ4n) is 2.91. The van der Waals surface area contributed by atoms with Gasteiger partial charge in [-0.05, 0) is 18.2 Å². The van der Waals surface area contributed by atoms with Crippen molar-refractivity contribution in [1.82, 2.24) is 29.6 Å². The monoisotopic (exact) mass is 440 g/mol. The van der Waals surface area contributed by atoms with Gasteiger partial charge in [0, 0.05) is 0 Å². The summed E-state index contributed by atoms with van der Waals surface area (Å²) in [5.74, 6) is -3.33. The van der Waals surface area contributed by atoms with Gasteiger partial charge in [-0.3, -0.25) is 10.2 Å². The van der Waals surface area contributed by atoms with Gasteiger partial charge in [-0.25, -0.2) is 33.4 Å². The number of imidazole rings is 1. The molecule has 0 unspecified atom stereocenters. The van der Waals surface area contributed by atoms with Crippen LogP contribution in [0.3, 0.4) is 0 Å². The van der Waals surface area contributed by atoms with Crippen LogP contribution in [-0.4, -0.2) is 29.6 Å². The van der Waals surface area contributed by atoms with Crippen LogP contribution in [0.2, 0.25) is 0 Å². The second-order valence-corrected chi connectivity index (χ2v) is 6.35. The zero-order chi connectivity index (χ0) is 22.7. The SMILES string of the molecule is C=C/C=C\C(F)=C(/F)Nn1c(CNc2ncnc3nc[nH]c23)nc2cccc(F)c2c1=O. The Bertz CT molecular complexity index is 1440. The number of rotatable bonds is 7. The average molecular weight is 440 g/mol. The molecule has 9 nitrogen and oxygen atoms in total. The second-order valence-electron chi connectivity index (χ2n) is 6.35. The van der Waals surface area contributed by atoms with Gasteiger partial charge in [-0.15, -0.1) is 0 Å². The highest BCUT2D eigenvalue weighted by molar-refractivity contribution is 5.82. The average Bonchev–Trinajstić information content (AvgIpc) is 3.27. The van der Waals surface area contributed by atoms with E-state index in [1.165, 1.54) is 36.9 Å². The first-order valence-corrected chi connectivity index (χ1v) is 9.19. The number of nitrogens with one attached hydrogen (secondary N) is 3. The van der Waals surface area contributed by atoms with Gasteiger partial charge < -0.3 is 10.3 Å². The first-order valence-electron chi connectivity index (χ1n) is 9.19. The quantitative estimate of drug-likeness (QED) is 0.299. The smallest absolute Gasteiger partial charge is 0.283 e. The molecule has 0 aliphatic carbocycles. The molecule has 3 aromatic heterocycles. The van der Waals surface area contributed by atoms with E-state index in [1.807, 2.05) is 5.43 Å². The van der Waals surface area contributed by atoms with Crippen LogP contribution >= 0.6 is 0 Å². The zero-order valence-electron chi connectivity index (χ0n) is 16.3. The predicted molar refractivity (Wildman–Crippen MR) is 113 cm³/mol. The summed E-state index contributed by atoms with van der Waals surface area (Å²) in [5, 5.41) is 2.56. The minimum absolute atomic E-state index is 0.0515. The van der Waals surface area contributed by atoms with Crippen LogP contribution in [0.4, 0.5) is 19.0 Å². The molecule has 3 N–H and O–H groups in total. The highest BCUT2D eigenvalue weighted by atomic mass is 19.2. The van der Waals surface area contributed by atoms with Crippen LogP contribution in [0.15, 0.2) is 72.2 Å². The molecule has 0 amide bonds. The van der Waals surface area contributed by atoms with E-state index in [0.29, 0.717) is 21.7 Å². The highest BCUT2D eigenvalue weighted by Crippen LogP contribution is 2.17. The lowest BCUT2D eigenvalue weighted by Crippen LogP contribution is -2.33. The summed E-state index contributed by atoms with van der Waals surface area (Å²) < 4.78 is 43.2. The van der Waals surface area contributed by atoms with Gasteiger partial charge >= 0.3 is 0 Å². The summed E-state index contributed by atoms with van der Waals surface area (Å²) in [4.78, 5) is 32.1. The van der Waals surface area contributed by atoms with E-state index >= 15 is 0 Å². The van der Waals surface area contributed by atoms with Crippen molar-refractivity contribution >= 4 is 27.9 Å². The van der Waals surface area contributed by atoms with Crippen LogP contribution in [0.1, 0.15) is 5.82 Å². The third-order valence-electron chi connectivity index (χ3n) is 4.35. The Hall–Kier alpha value is -4.48. The van der Waals surface area contributed by atoms with Gasteiger partial charge in [0.1, 0.15) is 23.0 Å². The Labute approximate surface area is 178 Å². The van der Waals surface area contributed by atoms with Crippen molar-refractivity contribution in [3.05, 3.63) is 89.4 Å². The van der Waals surface area contributed by atoms with Crippen LogP contribution in [0, 0.1) is 5.82 Å². The molecule has 0 saturated heterocycles. The molecule has 0 aliphatic rings. The van der Waals surface area contributed by atoms with E-state index in [2.05, 4.69) is 36.8 Å². The van der Waals surface area contributed by atoms with Crippen molar-refractivity contribution in [2.75, 3.05) is 10.7 Å². The van der Waals surface area contributed by atoms with Gasteiger partial charge in [0.25, 0.3) is 5.56 Å². The van der Waals surface area contributed by atoms with Gasteiger partial charge in [0.05, 0.1) is 18.4 Å². The van der Waals surface area contributed by atoms with Gasteiger partial charge in [0.15, 0.2) is 23.1 Å². The van der Waals surface area contributed by atoms with Crippen LogP contribution in [0.5, 0.6) is 0 Å². The number of aromatic nitrogens is 6. The van der Waals surface area contributed by atoms with E-state index < -0.39 is 23.2 Å². The lowest BCUT2D eigenvalue weighted by atomic mass is 10.2. The number of benzene rings is 1. The first-order chi connectivity index (χ1) is 15.5. The molecule has 0 radical (unpaired) electrons. The molecule has 4 aromatic rings. The molecule has 32 heavy (non-hydrogen) atoms. The Morgan fingerprint density at radius 1 is 1.25 bits per heavy atom. The molecule has 0 spiro atoms. The van der Waals surface area contributed by atoms with Crippen molar-refractivity contribution in [1.29, 1.82) is 0 Å². The van der Waals surface area contributed by atoms with E-state index in [9.17, 15) is 18.0 Å². The molecule has 0 aliphatic heterocycles. The molecule has 162 valence electrons. The standard InChI is InChI=1S/C20H15F3N8O/c1-2-3-5-12(22)17(23)30-31-14(29-13-7-4-6-11(21)15(13)20(31)32)8-24-18-16-19(26-9-25-16)28-10-27-18/h2-7,9-10,30H,1,8H2,(H2,24,25,26,27,28)/b5-3-,17-12-. The molecule has 0 atom stereocenters. The van der Waals surface area contributed by atoms with Crippen molar-refractivity contribution in [2.45, 2.75) is 6.54 Å². The molecule has 0 bridgehead atoms. The molecule has 1 aromatic carbocycles. The summed E-state index contributed by atoms with van der Waals surface area (Å²) in [7, 11) is 0. The topological polar surface area (TPSA) is 113 Å². The predicted octanol–water partition coefficient (Wildman–Crippen LogP) is 3.21.